The molecule has 0 radical (unpaired) electrons. The number of rotatable bonds is 5. The minimum atomic E-state index is 1.00. The van der Waals surface area contributed by atoms with Gasteiger partial charge in [0.15, 0.2) is 0 Å². The predicted molar refractivity (Wildman–Crippen MR) is 134 cm³/mol. The second-order valence-corrected chi connectivity index (χ2v) is 8.01. The molecule has 1 aliphatic rings. The fraction of sp³-hybridized carbons (Fsp3) is 0.0968. The van der Waals surface area contributed by atoms with E-state index in [-0.39, 0.29) is 0 Å². The molecule has 0 amide bonds. The lowest BCUT2D eigenvalue weighted by Crippen LogP contribution is -1.94. The van der Waals surface area contributed by atoms with E-state index in [2.05, 4.69) is 122 Å². The van der Waals surface area contributed by atoms with Crippen LogP contribution in [0.5, 0.6) is 0 Å². The molecule has 0 aliphatic heterocycles. The van der Waals surface area contributed by atoms with E-state index < -0.39 is 0 Å². The zero-order chi connectivity index (χ0) is 21.0. The van der Waals surface area contributed by atoms with E-state index in [4.69, 9.17) is 0 Å². The van der Waals surface area contributed by atoms with Crippen molar-refractivity contribution >= 4 is 5.57 Å². The second kappa shape index (κ2) is 8.62. The highest BCUT2D eigenvalue weighted by atomic mass is 14.2. The van der Waals surface area contributed by atoms with Crippen molar-refractivity contribution < 1.29 is 0 Å². The SMILES string of the molecule is CCc1ccc(-c2ccccc2-c2ccccc2-c2ccccc2)c(C2=CC=CC2)c1. The molecule has 0 nitrogen and oxygen atoms in total. The largest absolute Gasteiger partial charge is 0.0801 e. The van der Waals surface area contributed by atoms with Crippen molar-refractivity contribution in [2.24, 2.45) is 0 Å². The normalized spacial score (nSPS) is 12.7. The van der Waals surface area contributed by atoms with Gasteiger partial charge >= 0.3 is 0 Å². The van der Waals surface area contributed by atoms with E-state index >= 15 is 0 Å². The molecule has 0 saturated heterocycles. The van der Waals surface area contributed by atoms with Crippen LogP contribution < -0.4 is 0 Å². The lowest BCUT2D eigenvalue weighted by Gasteiger charge is -2.18. The lowest BCUT2D eigenvalue weighted by molar-refractivity contribution is 1.14. The highest BCUT2D eigenvalue weighted by Crippen LogP contribution is 2.41. The van der Waals surface area contributed by atoms with Crippen LogP contribution in [0.15, 0.2) is 115 Å². The van der Waals surface area contributed by atoms with E-state index in [0.717, 1.165) is 12.8 Å². The summed E-state index contributed by atoms with van der Waals surface area (Å²) in [5.41, 5.74) is 11.8. The van der Waals surface area contributed by atoms with E-state index in [1.165, 1.54) is 50.1 Å². The summed E-state index contributed by atoms with van der Waals surface area (Å²) >= 11 is 0. The zero-order valence-corrected chi connectivity index (χ0v) is 17.9. The maximum atomic E-state index is 2.38. The lowest BCUT2D eigenvalue weighted by atomic mass is 9.85. The molecule has 4 aromatic rings. The predicted octanol–water partition coefficient (Wildman–Crippen LogP) is 8.59. The summed E-state index contributed by atoms with van der Waals surface area (Å²) in [6, 6.07) is 35.2. The summed E-state index contributed by atoms with van der Waals surface area (Å²) in [7, 11) is 0. The second-order valence-electron chi connectivity index (χ2n) is 8.01. The molecule has 0 heteroatoms. The summed E-state index contributed by atoms with van der Waals surface area (Å²) in [5, 5.41) is 0. The van der Waals surface area contributed by atoms with Gasteiger partial charge in [0.25, 0.3) is 0 Å². The van der Waals surface area contributed by atoms with Crippen LogP contribution in [0.2, 0.25) is 0 Å². The van der Waals surface area contributed by atoms with E-state index in [9.17, 15) is 0 Å². The van der Waals surface area contributed by atoms with Gasteiger partial charge in [0.2, 0.25) is 0 Å². The van der Waals surface area contributed by atoms with Gasteiger partial charge < -0.3 is 0 Å². The third-order valence-corrected chi connectivity index (χ3v) is 6.13. The van der Waals surface area contributed by atoms with Crippen molar-refractivity contribution in [3.63, 3.8) is 0 Å². The molecule has 0 atom stereocenters. The van der Waals surface area contributed by atoms with Crippen molar-refractivity contribution in [2.45, 2.75) is 19.8 Å². The van der Waals surface area contributed by atoms with Crippen LogP contribution in [0.3, 0.4) is 0 Å². The van der Waals surface area contributed by atoms with Crippen LogP contribution in [-0.4, -0.2) is 0 Å². The van der Waals surface area contributed by atoms with Crippen LogP contribution >= 0.6 is 0 Å². The summed E-state index contributed by atoms with van der Waals surface area (Å²) in [6.45, 7) is 2.23. The molecule has 0 heterocycles. The quantitative estimate of drug-likeness (QED) is 0.316. The Kier molecular flexibility index (Phi) is 5.37. The Morgan fingerprint density at radius 3 is 1.77 bits per heavy atom. The molecule has 0 spiro atoms. The third-order valence-electron chi connectivity index (χ3n) is 6.13. The minimum Gasteiger partial charge on any atom is -0.0801 e. The van der Waals surface area contributed by atoms with Gasteiger partial charge in [-0.05, 0) is 62.9 Å². The Morgan fingerprint density at radius 1 is 0.581 bits per heavy atom. The van der Waals surface area contributed by atoms with E-state index in [0.29, 0.717) is 0 Å². The van der Waals surface area contributed by atoms with Crippen molar-refractivity contribution in [3.05, 3.63) is 126 Å². The fourth-order valence-corrected chi connectivity index (χ4v) is 4.50. The standard InChI is InChI=1S/C31H26/c1-2-23-20-21-30(31(22-23)25-14-6-7-15-25)29-19-11-10-18-28(29)27-17-9-8-16-26(27)24-12-4-3-5-13-24/h3-14,16-22H,2,15H2,1H3. The van der Waals surface area contributed by atoms with Crippen molar-refractivity contribution in [3.8, 4) is 33.4 Å². The van der Waals surface area contributed by atoms with Gasteiger partial charge in [-0.1, -0.05) is 122 Å². The molecule has 0 aromatic heterocycles. The fourth-order valence-electron chi connectivity index (χ4n) is 4.50. The molecule has 0 saturated carbocycles. The molecular weight excluding hydrogens is 372 g/mol. The van der Waals surface area contributed by atoms with E-state index in [1.807, 2.05) is 0 Å². The Labute approximate surface area is 185 Å². The van der Waals surface area contributed by atoms with E-state index in [1.54, 1.807) is 0 Å². The number of allylic oxidation sites excluding steroid dienone is 4. The van der Waals surface area contributed by atoms with Crippen molar-refractivity contribution in [1.29, 1.82) is 0 Å². The summed E-state index contributed by atoms with van der Waals surface area (Å²) in [4.78, 5) is 0. The molecule has 150 valence electrons. The number of aryl methyl sites for hydroxylation is 1. The molecule has 4 aromatic carbocycles. The average molecular weight is 399 g/mol. The Bertz CT molecular complexity index is 1270. The van der Waals surface area contributed by atoms with Gasteiger partial charge in [0.05, 0.1) is 0 Å². The molecule has 0 bridgehead atoms. The maximum Gasteiger partial charge on any atom is -0.00882 e. The summed E-state index contributed by atoms with van der Waals surface area (Å²) in [5.74, 6) is 0. The molecular formula is C31H26. The highest BCUT2D eigenvalue weighted by Gasteiger charge is 2.16. The summed E-state index contributed by atoms with van der Waals surface area (Å²) < 4.78 is 0. The molecule has 1 aliphatic carbocycles. The zero-order valence-electron chi connectivity index (χ0n) is 17.9. The number of hydrogen-bond acceptors (Lipinski definition) is 0. The smallest absolute Gasteiger partial charge is 0.00882 e. The first kappa shape index (κ1) is 19.3. The van der Waals surface area contributed by atoms with Crippen molar-refractivity contribution in [1.82, 2.24) is 0 Å². The first-order valence-electron chi connectivity index (χ1n) is 11.1. The Hall–Kier alpha value is -3.64. The molecule has 0 unspecified atom stereocenters. The summed E-state index contributed by atoms with van der Waals surface area (Å²) in [6.07, 6.45) is 8.73. The molecule has 31 heavy (non-hydrogen) atoms. The van der Waals surface area contributed by atoms with Gasteiger partial charge in [0, 0.05) is 0 Å². The monoisotopic (exact) mass is 398 g/mol. The minimum absolute atomic E-state index is 1.00. The van der Waals surface area contributed by atoms with Crippen LogP contribution in [0.4, 0.5) is 0 Å². The van der Waals surface area contributed by atoms with Crippen molar-refractivity contribution in [2.75, 3.05) is 0 Å². The first-order chi connectivity index (χ1) is 15.3. The highest BCUT2D eigenvalue weighted by molar-refractivity contribution is 5.95. The van der Waals surface area contributed by atoms with Crippen LogP contribution in [0.25, 0.3) is 39.0 Å². The van der Waals surface area contributed by atoms with Crippen LogP contribution in [-0.2, 0) is 6.42 Å². The molecule has 5 rings (SSSR count). The molecule has 0 fully saturated rings. The first-order valence-corrected chi connectivity index (χ1v) is 11.1. The van der Waals surface area contributed by atoms with Gasteiger partial charge in [-0.15, -0.1) is 0 Å². The van der Waals surface area contributed by atoms with Crippen LogP contribution in [0.1, 0.15) is 24.5 Å². The topological polar surface area (TPSA) is 0 Å². The Balaban J connectivity index is 1.72. The number of benzene rings is 4. The van der Waals surface area contributed by atoms with Gasteiger partial charge in [-0.25, -0.2) is 0 Å². The van der Waals surface area contributed by atoms with Gasteiger partial charge in [-0.2, -0.15) is 0 Å². The van der Waals surface area contributed by atoms with Gasteiger partial charge in [0.1, 0.15) is 0 Å². The maximum absolute atomic E-state index is 2.38. The Morgan fingerprint density at radius 2 is 1.16 bits per heavy atom. The van der Waals surface area contributed by atoms with Gasteiger partial charge in [-0.3, -0.25) is 0 Å². The number of hydrogen-bond donors (Lipinski definition) is 0. The average Bonchev–Trinajstić information content (AvgIpc) is 3.39. The third kappa shape index (κ3) is 3.78. The molecule has 0 N–H and O–H groups in total. The van der Waals surface area contributed by atoms with Crippen LogP contribution in [0, 0.1) is 0 Å².